The number of rotatable bonds is 6. The predicted octanol–water partition coefficient (Wildman–Crippen LogP) is 0.888. The molecule has 0 spiro atoms. The lowest BCUT2D eigenvalue weighted by molar-refractivity contribution is 0.0152. The Morgan fingerprint density at radius 2 is 1.81 bits per heavy atom. The van der Waals surface area contributed by atoms with Crippen LogP contribution in [0.15, 0.2) is 27.8 Å². The molecule has 1 heterocycles. The lowest BCUT2D eigenvalue weighted by Crippen LogP contribution is -2.29. The van der Waals surface area contributed by atoms with Gasteiger partial charge >= 0.3 is 11.1 Å². The normalized spacial score (nSPS) is 13.0. The molecule has 1 aromatic heterocycles. The number of nitrogens with two attached hydrogens (primary N) is 1. The van der Waals surface area contributed by atoms with E-state index in [9.17, 15) is 18.4 Å². The van der Waals surface area contributed by atoms with Gasteiger partial charge in [0, 0.05) is 12.6 Å². The first-order valence-corrected chi connectivity index (χ1v) is 6.35. The number of benzene rings is 1. The van der Waals surface area contributed by atoms with Crippen molar-refractivity contribution in [3.63, 3.8) is 0 Å². The Kier molecular flexibility index (Phi) is 4.81. The largest absolute Gasteiger partial charge is 0.375 e. The highest BCUT2D eigenvalue weighted by atomic mass is 19.3. The molecule has 0 aliphatic carbocycles. The van der Waals surface area contributed by atoms with Crippen molar-refractivity contribution in [1.29, 1.82) is 0 Å². The summed E-state index contributed by atoms with van der Waals surface area (Å²) in [5.74, 6) is 0. The van der Waals surface area contributed by atoms with Crippen molar-refractivity contribution in [2.24, 2.45) is 5.73 Å². The summed E-state index contributed by atoms with van der Waals surface area (Å²) < 4.78 is 28.6. The Morgan fingerprint density at radius 1 is 1.14 bits per heavy atom. The predicted molar refractivity (Wildman–Crippen MR) is 73.6 cm³/mol. The van der Waals surface area contributed by atoms with Crippen LogP contribution >= 0.6 is 0 Å². The molecule has 0 saturated heterocycles. The van der Waals surface area contributed by atoms with Gasteiger partial charge in [-0.05, 0) is 24.1 Å². The lowest BCUT2D eigenvalue weighted by Gasteiger charge is -2.13. The van der Waals surface area contributed by atoms with E-state index in [1.165, 1.54) is 0 Å². The fourth-order valence-corrected chi connectivity index (χ4v) is 1.91. The average Bonchev–Trinajstić information content (AvgIpc) is 2.44. The van der Waals surface area contributed by atoms with Crippen LogP contribution in [0.5, 0.6) is 0 Å². The molecule has 21 heavy (non-hydrogen) atoms. The molecule has 1 aromatic carbocycles. The molecule has 4 N–H and O–H groups in total. The van der Waals surface area contributed by atoms with Crippen LogP contribution < -0.4 is 16.9 Å². The second-order valence-electron chi connectivity index (χ2n) is 4.57. The number of aromatic amines is 2. The standard InChI is InChI=1S/C13H15F2N3O3/c14-11(15)6-21-4-3-8(16)7-1-2-9-10(5-7)18-13(20)12(19)17-9/h1-2,5,8,11H,3-4,6,16H2,(H,17,19)(H,18,20). The fraction of sp³-hybridized carbons (Fsp3) is 0.385. The van der Waals surface area contributed by atoms with Crippen LogP contribution in [-0.2, 0) is 4.74 Å². The molecule has 114 valence electrons. The van der Waals surface area contributed by atoms with Crippen LogP contribution in [0.25, 0.3) is 11.0 Å². The third-order valence-electron chi connectivity index (χ3n) is 2.99. The fourth-order valence-electron chi connectivity index (χ4n) is 1.91. The van der Waals surface area contributed by atoms with E-state index >= 15 is 0 Å². The van der Waals surface area contributed by atoms with Crippen LogP contribution in [0.3, 0.4) is 0 Å². The Balaban J connectivity index is 2.09. The lowest BCUT2D eigenvalue weighted by atomic mass is 10.0. The van der Waals surface area contributed by atoms with Gasteiger partial charge in [-0.25, -0.2) is 8.78 Å². The molecule has 0 aliphatic heterocycles. The van der Waals surface area contributed by atoms with E-state index in [2.05, 4.69) is 9.97 Å². The molecular weight excluding hydrogens is 284 g/mol. The number of aromatic nitrogens is 2. The number of ether oxygens (including phenoxy) is 1. The Labute approximate surface area is 117 Å². The van der Waals surface area contributed by atoms with Gasteiger partial charge in [-0.15, -0.1) is 0 Å². The minimum Gasteiger partial charge on any atom is -0.375 e. The Hall–Kier alpha value is -2.06. The zero-order valence-electron chi connectivity index (χ0n) is 11.1. The number of nitrogens with one attached hydrogen (secondary N) is 2. The van der Waals surface area contributed by atoms with Gasteiger partial charge in [0.05, 0.1) is 11.0 Å². The molecule has 0 saturated carbocycles. The first-order valence-electron chi connectivity index (χ1n) is 6.35. The van der Waals surface area contributed by atoms with Gasteiger partial charge in [0.2, 0.25) is 0 Å². The first-order chi connectivity index (χ1) is 9.97. The highest BCUT2D eigenvalue weighted by Gasteiger charge is 2.09. The number of alkyl halides is 2. The molecule has 0 amide bonds. The number of hydrogen-bond donors (Lipinski definition) is 3. The van der Waals surface area contributed by atoms with E-state index in [1.807, 2.05) is 0 Å². The van der Waals surface area contributed by atoms with Gasteiger partial charge in [0.1, 0.15) is 6.61 Å². The molecule has 0 bridgehead atoms. The smallest absolute Gasteiger partial charge is 0.314 e. The zero-order valence-corrected chi connectivity index (χ0v) is 11.1. The Bertz CT molecular complexity index is 726. The molecule has 0 fully saturated rings. The summed E-state index contributed by atoms with van der Waals surface area (Å²) in [6.45, 7) is -0.495. The minimum atomic E-state index is -2.50. The average molecular weight is 299 g/mol. The third-order valence-corrected chi connectivity index (χ3v) is 2.99. The summed E-state index contributed by atoms with van der Waals surface area (Å²) in [7, 11) is 0. The number of hydrogen-bond acceptors (Lipinski definition) is 4. The van der Waals surface area contributed by atoms with Crippen molar-refractivity contribution in [2.75, 3.05) is 13.2 Å². The Morgan fingerprint density at radius 3 is 2.48 bits per heavy atom. The van der Waals surface area contributed by atoms with Crippen LogP contribution in [0.2, 0.25) is 0 Å². The summed E-state index contributed by atoms with van der Waals surface area (Å²) >= 11 is 0. The van der Waals surface area contributed by atoms with Crippen molar-refractivity contribution in [1.82, 2.24) is 9.97 Å². The van der Waals surface area contributed by atoms with Gasteiger partial charge in [-0.1, -0.05) is 6.07 Å². The van der Waals surface area contributed by atoms with Crippen molar-refractivity contribution >= 4 is 11.0 Å². The second kappa shape index (κ2) is 6.59. The number of halogens is 2. The number of fused-ring (bicyclic) bond motifs is 1. The SMILES string of the molecule is NC(CCOCC(F)F)c1ccc2[nH]c(=O)c(=O)[nH]c2c1. The summed E-state index contributed by atoms with van der Waals surface area (Å²) in [6.07, 6.45) is -2.13. The summed E-state index contributed by atoms with van der Waals surface area (Å²) in [6, 6.07) is 4.56. The van der Waals surface area contributed by atoms with Crippen LogP contribution in [0.4, 0.5) is 8.78 Å². The molecule has 1 unspecified atom stereocenters. The van der Waals surface area contributed by atoms with Gasteiger partial charge in [-0.2, -0.15) is 0 Å². The molecule has 6 nitrogen and oxygen atoms in total. The highest BCUT2D eigenvalue weighted by Crippen LogP contribution is 2.17. The molecule has 2 aromatic rings. The van der Waals surface area contributed by atoms with Gasteiger partial charge in [0.25, 0.3) is 6.43 Å². The zero-order chi connectivity index (χ0) is 15.4. The van der Waals surface area contributed by atoms with Gasteiger partial charge < -0.3 is 20.4 Å². The van der Waals surface area contributed by atoms with E-state index in [0.29, 0.717) is 23.0 Å². The maximum absolute atomic E-state index is 11.9. The van der Waals surface area contributed by atoms with E-state index in [0.717, 1.165) is 0 Å². The summed E-state index contributed by atoms with van der Waals surface area (Å²) in [5, 5.41) is 0. The van der Waals surface area contributed by atoms with Crippen molar-refractivity contribution in [2.45, 2.75) is 18.9 Å². The minimum absolute atomic E-state index is 0.117. The quantitative estimate of drug-likeness (QED) is 0.544. The van der Waals surface area contributed by atoms with E-state index in [1.54, 1.807) is 18.2 Å². The van der Waals surface area contributed by atoms with E-state index < -0.39 is 30.2 Å². The van der Waals surface area contributed by atoms with E-state index in [-0.39, 0.29) is 6.61 Å². The van der Waals surface area contributed by atoms with Crippen molar-refractivity contribution in [3.8, 4) is 0 Å². The first kappa shape index (κ1) is 15.3. The van der Waals surface area contributed by atoms with Gasteiger partial charge in [0.15, 0.2) is 0 Å². The maximum Gasteiger partial charge on any atom is 0.314 e. The maximum atomic E-state index is 11.9. The molecule has 0 aliphatic rings. The van der Waals surface area contributed by atoms with Crippen molar-refractivity contribution < 1.29 is 13.5 Å². The van der Waals surface area contributed by atoms with Crippen molar-refractivity contribution in [3.05, 3.63) is 44.5 Å². The monoisotopic (exact) mass is 299 g/mol. The molecule has 8 heteroatoms. The van der Waals surface area contributed by atoms with Gasteiger partial charge in [-0.3, -0.25) is 9.59 Å². The third kappa shape index (κ3) is 3.96. The topological polar surface area (TPSA) is 101 Å². The molecular formula is C13H15F2N3O3. The summed E-state index contributed by atoms with van der Waals surface area (Å²) in [4.78, 5) is 27.3. The van der Waals surface area contributed by atoms with E-state index in [4.69, 9.17) is 10.5 Å². The van der Waals surface area contributed by atoms with Crippen LogP contribution in [-0.4, -0.2) is 29.6 Å². The summed E-state index contributed by atoms with van der Waals surface area (Å²) in [5.41, 5.74) is 6.14. The highest BCUT2D eigenvalue weighted by molar-refractivity contribution is 5.74. The van der Waals surface area contributed by atoms with Crippen LogP contribution in [0.1, 0.15) is 18.0 Å². The molecule has 1 atom stereocenters. The second-order valence-corrected chi connectivity index (χ2v) is 4.57. The molecule has 2 rings (SSSR count). The molecule has 0 radical (unpaired) electrons. The number of H-pyrrole nitrogens is 2. The van der Waals surface area contributed by atoms with Crippen LogP contribution in [0, 0.1) is 0 Å².